The Kier molecular flexibility index (Phi) is 6.75. The molecular weight excluding hydrogens is 276 g/mol. The number of carbonyl (C=O) groups excluding carboxylic acids is 1. The number of hydrogen-bond donors (Lipinski definition) is 2. The van der Waals surface area contributed by atoms with Crippen molar-refractivity contribution in [2.24, 2.45) is 5.41 Å². The Bertz CT molecular complexity index is 475. The molecule has 0 aromatic heterocycles. The summed E-state index contributed by atoms with van der Waals surface area (Å²) in [6, 6.07) is 3.24. The van der Waals surface area contributed by atoms with Gasteiger partial charge in [0.25, 0.3) is 0 Å². The standard InChI is InChI=1S/C16H23F2NO2/c1-16(2,11-20)8-3-9-19-15(21)7-4-12-10-13(17)5-6-14(12)18/h5-6,10,20H,3-4,7-9,11H2,1-2H3,(H,19,21). The first-order chi connectivity index (χ1) is 9.84. The third-order valence-electron chi connectivity index (χ3n) is 3.41. The Balaban J connectivity index is 2.27. The quantitative estimate of drug-likeness (QED) is 0.725. The summed E-state index contributed by atoms with van der Waals surface area (Å²) in [6.07, 6.45) is 1.89. The summed E-state index contributed by atoms with van der Waals surface area (Å²) < 4.78 is 26.4. The van der Waals surface area contributed by atoms with Crippen molar-refractivity contribution in [3.8, 4) is 0 Å². The SMILES string of the molecule is CC(C)(CO)CCCNC(=O)CCc1cc(F)ccc1F. The molecule has 5 heteroatoms. The van der Waals surface area contributed by atoms with Crippen molar-refractivity contribution in [2.75, 3.05) is 13.2 Å². The van der Waals surface area contributed by atoms with Gasteiger partial charge in [-0.1, -0.05) is 13.8 Å². The minimum atomic E-state index is -0.502. The second-order valence-corrected chi connectivity index (χ2v) is 6.01. The van der Waals surface area contributed by atoms with E-state index in [4.69, 9.17) is 5.11 Å². The average molecular weight is 299 g/mol. The fraction of sp³-hybridized carbons (Fsp3) is 0.562. The minimum absolute atomic E-state index is 0.111. The molecule has 0 aliphatic heterocycles. The number of carbonyl (C=O) groups is 1. The van der Waals surface area contributed by atoms with Crippen LogP contribution in [0.1, 0.15) is 38.7 Å². The van der Waals surface area contributed by atoms with Gasteiger partial charge in [0.1, 0.15) is 11.6 Å². The van der Waals surface area contributed by atoms with Gasteiger partial charge in [-0.25, -0.2) is 8.78 Å². The van der Waals surface area contributed by atoms with E-state index in [-0.39, 0.29) is 36.3 Å². The zero-order valence-electron chi connectivity index (χ0n) is 12.6. The highest BCUT2D eigenvalue weighted by Gasteiger charge is 2.15. The summed E-state index contributed by atoms with van der Waals surface area (Å²) in [5.74, 6) is -1.17. The van der Waals surface area contributed by atoms with Crippen molar-refractivity contribution in [1.82, 2.24) is 5.32 Å². The molecule has 2 N–H and O–H groups in total. The maximum atomic E-state index is 13.4. The smallest absolute Gasteiger partial charge is 0.220 e. The van der Waals surface area contributed by atoms with Gasteiger partial charge in [0.2, 0.25) is 5.91 Å². The Morgan fingerprint density at radius 1 is 1.33 bits per heavy atom. The number of nitrogens with one attached hydrogen (secondary N) is 1. The molecule has 0 saturated heterocycles. The average Bonchev–Trinajstić information content (AvgIpc) is 2.44. The van der Waals surface area contributed by atoms with Gasteiger partial charge in [-0.2, -0.15) is 0 Å². The minimum Gasteiger partial charge on any atom is -0.396 e. The van der Waals surface area contributed by atoms with Crippen molar-refractivity contribution >= 4 is 5.91 Å². The Hall–Kier alpha value is -1.49. The number of aryl methyl sites for hydroxylation is 1. The van der Waals surface area contributed by atoms with Gasteiger partial charge < -0.3 is 10.4 Å². The first-order valence-electron chi connectivity index (χ1n) is 7.15. The first kappa shape index (κ1) is 17.6. The number of aliphatic hydroxyl groups excluding tert-OH is 1. The normalized spacial score (nSPS) is 11.5. The molecule has 1 rings (SSSR count). The number of halogens is 2. The third-order valence-corrected chi connectivity index (χ3v) is 3.41. The van der Waals surface area contributed by atoms with Crippen LogP contribution in [0.15, 0.2) is 18.2 Å². The summed E-state index contributed by atoms with van der Waals surface area (Å²) in [7, 11) is 0. The maximum absolute atomic E-state index is 13.4. The van der Waals surface area contributed by atoms with Crippen LogP contribution in [0.4, 0.5) is 8.78 Å². The number of amides is 1. The molecule has 0 aliphatic rings. The zero-order chi connectivity index (χ0) is 15.9. The molecule has 0 aliphatic carbocycles. The number of rotatable bonds is 8. The van der Waals surface area contributed by atoms with E-state index in [0.717, 1.165) is 31.0 Å². The predicted molar refractivity (Wildman–Crippen MR) is 77.8 cm³/mol. The van der Waals surface area contributed by atoms with Crippen LogP contribution in [-0.2, 0) is 11.2 Å². The fourth-order valence-electron chi connectivity index (χ4n) is 1.95. The molecule has 21 heavy (non-hydrogen) atoms. The van der Waals surface area contributed by atoms with Crippen LogP contribution in [0.2, 0.25) is 0 Å². The van der Waals surface area contributed by atoms with E-state index in [0.29, 0.717) is 6.54 Å². The molecule has 1 amide bonds. The van der Waals surface area contributed by atoms with Gasteiger partial charge >= 0.3 is 0 Å². The van der Waals surface area contributed by atoms with Gasteiger partial charge in [-0.3, -0.25) is 4.79 Å². The fourth-order valence-corrected chi connectivity index (χ4v) is 1.95. The molecular formula is C16H23F2NO2. The van der Waals surface area contributed by atoms with Gasteiger partial charge in [-0.15, -0.1) is 0 Å². The third kappa shape index (κ3) is 6.67. The van der Waals surface area contributed by atoms with Crippen LogP contribution in [0.5, 0.6) is 0 Å². The van der Waals surface area contributed by atoms with Crippen molar-refractivity contribution in [2.45, 2.75) is 39.5 Å². The summed E-state index contributed by atoms with van der Waals surface area (Å²) in [5.41, 5.74) is 0.0710. The van der Waals surface area contributed by atoms with Gasteiger partial charge in [0.15, 0.2) is 0 Å². The first-order valence-corrected chi connectivity index (χ1v) is 7.15. The molecule has 118 valence electrons. The lowest BCUT2D eigenvalue weighted by Gasteiger charge is -2.21. The summed E-state index contributed by atoms with van der Waals surface area (Å²) >= 11 is 0. The Morgan fingerprint density at radius 3 is 2.71 bits per heavy atom. The van der Waals surface area contributed by atoms with E-state index >= 15 is 0 Å². The van der Waals surface area contributed by atoms with Crippen molar-refractivity contribution in [1.29, 1.82) is 0 Å². The molecule has 1 aromatic rings. The molecule has 0 heterocycles. The Morgan fingerprint density at radius 2 is 2.05 bits per heavy atom. The molecule has 1 aromatic carbocycles. The molecule has 0 unspecified atom stereocenters. The molecule has 0 bridgehead atoms. The largest absolute Gasteiger partial charge is 0.396 e. The topological polar surface area (TPSA) is 49.3 Å². The van der Waals surface area contributed by atoms with Crippen molar-refractivity contribution in [3.63, 3.8) is 0 Å². The summed E-state index contributed by atoms with van der Waals surface area (Å²) in [5, 5.41) is 11.9. The lowest BCUT2D eigenvalue weighted by molar-refractivity contribution is -0.121. The highest BCUT2D eigenvalue weighted by Crippen LogP contribution is 2.20. The van der Waals surface area contributed by atoms with Crippen LogP contribution in [0.3, 0.4) is 0 Å². The molecule has 0 fully saturated rings. The molecule has 0 spiro atoms. The maximum Gasteiger partial charge on any atom is 0.220 e. The van der Waals surface area contributed by atoms with E-state index in [1.165, 1.54) is 0 Å². The van der Waals surface area contributed by atoms with E-state index < -0.39 is 11.6 Å². The highest BCUT2D eigenvalue weighted by molar-refractivity contribution is 5.76. The Labute approximate surface area is 124 Å². The predicted octanol–water partition coefficient (Wildman–Crippen LogP) is 2.81. The monoisotopic (exact) mass is 299 g/mol. The second kappa shape index (κ2) is 8.08. The van der Waals surface area contributed by atoms with Crippen LogP contribution in [0, 0.1) is 17.0 Å². The van der Waals surface area contributed by atoms with E-state index in [9.17, 15) is 13.6 Å². The molecule has 3 nitrogen and oxygen atoms in total. The lowest BCUT2D eigenvalue weighted by Crippen LogP contribution is -2.26. The molecule has 0 radical (unpaired) electrons. The van der Waals surface area contributed by atoms with Gasteiger partial charge in [0.05, 0.1) is 0 Å². The summed E-state index contributed by atoms with van der Waals surface area (Å²) in [4.78, 5) is 11.6. The van der Waals surface area contributed by atoms with Crippen molar-refractivity contribution < 1.29 is 18.7 Å². The van der Waals surface area contributed by atoms with Crippen LogP contribution in [-0.4, -0.2) is 24.2 Å². The second-order valence-electron chi connectivity index (χ2n) is 6.01. The van der Waals surface area contributed by atoms with E-state index in [2.05, 4.69) is 5.32 Å². The highest BCUT2D eigenvalue weighted by atomic mass is 19.1. The number of aliphatic hydroxyl groups is 1. The van der Waals surface area contributed by atoms with Gasteiger partial charge in [0, 0.05) is 19.6 Å². The van der Waals surface area contributed by atoms with Gasteiger partial charge in [-0.05, 0) is 48.4 Å². The van der Waals surface area contributed by atoms with Crippen LogP contribution in [0.25, 0.3) is 0 Å². The lowest BCUT2D eigenvalue weighted by atomic mass is 9.89. The van der Waals surface area contributed by atoms with Crippen molar-refractivity contribution in [3.05, 3.63) is 35.4 Å². The molecule has 0 saturated carbocycles. The zero-order valence-corrected chi connectivity index (χ0v) is 12.6. The molecule has 0 atom stereocenters. The number of hydrogen-bond acceptors (Lipinski definition) is 2. The van der Waals surface area contributed by atoms with Crippen LogP contribution >= 0.6 is 0 Å². The number of benzene rings is 1. The van der Waals surface area contributed by atoms with E-state index in [1.807, 2.05) is 13.8 Å². The van der Waals surface area contributed by atoms with Crippen LogP contribution < -0.4 is 5.32 Å². The summed E-state index contributed by atoms with van der Waals surface area (Å²) in [6.45, 7) is 4.55. The van der Waals surface area contributed by atoms with E-state index in [1.54, 1.807) is 0 Å².